The van der Waals surface area contributed by atoms with Crippen molar-refractivity contribution in [2.24, 2.45) is 7.05 Å². The third kappa shape index (κ3) is 2.27. The van der Waals surface area contributed by atoms with Gasteiger partial charge < -0.3 is 4.74 Å². The molecule has 0 bridgehead atoms. The standard InChI is InChI=1S/C13H14BrFN2O/c1-8-13(9(2)17(3)16-8)18-12-6-4-5-11(15)10(12)7-14/h4-6H,7H2,1-3H3. The molecule has 1 heterocycles. The second-order valence-electron chi connectivity index (χ2n) is 4.08. The van der Waals surface area contributed by atoms with Crippen molar-refractivity contribution in [3.8, 4) is 11.5 Å². The van der Waals surface area contributed by atoms with Crippen molar-refractivity contribution in [3.05, 3.63) is 41.0 Å². The molecular formula is C13H14BrFN2O. The molecule has 3 nitrogen and oxygen atoms in total. The van der Waals surface area contributed by atoms with Gasteiger partial charge in [0.1, 0.15) is 17.3 Å². The minimum absolute atomic E-state index is 0.274. The van der Waals surface area contributed by atoms with E-state index in [4.69, 9.17) is 4.74 Å². The van der Waals surface area contributed by atoms with Crippen molar-refractivity contribution in [2.45, 2.75) is 19.2 Å². The van der Waals surface area contributed by atoms with Gasteiger partial charge in [0.2, 0.25) is 0 Å². The lowest BCUT2D eigenvalue weighted by Crippen LogP contribution is -1.95. The van der Waals surface area contributed by atoms with Crippen LogP contribution < -0.4 is 4.74 Å². The fourth-order valence-electron chi connectivity index (χ4n) is 1.78. The number of benzene rings is 1. The van der Waals surface area contributed by atoms with Crippen molar-refractivity contribution in [1.82, 2.24) is 9.78 Å². The van der Waals surface area contributed by atoms with Crippen LogP contribution in [-0.4, -0.2) is 9.78 Å². The van der Waals surface area contributed by atoms with Crippen LogP contribution in [0.25, 0.3) is 0 Å². The van der Waals surface area contributed by atoms with E-state index in [1.54, 1.807) is 16.8 Å². The van der Waals surface area contributed by atoms with Gasteiger partial charge in [-0.05, 0) is 26.0 Å². The van der Waals surface area contributed by atoms with Crippen molar-refractivity contribution in [3.63, 3.8) is 0 Å². The maximum Gasteiger partial charge on any atom is 0.171 e. The molecule has 0 aliphatic heterocycles. The van der Waals surface area contributed by atoms with E-state index < -0.39 is 0 Å². The number of hydrogen-bond donors (Lipinski definition) is 0. The molecule has 5 heteroatoms. The monoisotopic (exact) mass is 312 g/mol. The molecule has 0 unspecified atom stereocenters. The first-order chi connectivity index (χ1) is 8.54. The average Bonchev–Trinajstić information content (AvgIpc) is 2.56. The van der Waals surface area contributed by atoms with Gasteiger partial charge in [-0.1, -0.05) is 22.0 Å². The highest BCUT2D eigenvalue weighted by molar-refractivity contribution is 9.08. The highest BCUT2D eigenvalue weighted by Gasteiger charge is 2.15. The van der Waals surface area contributed by atoms with E-state index in [0.29, 0.717) is 22.4 Å². The molecule has 18 heavy (non-hydrogen) atoms. The molecule has 2 aromatic rings. The molecule has 0 fully saturated rings. The Morgan fingerprint density at radius 2 is 2.11 bits per heavy atom. The van der Waals surface area contributed by atoms with Gasteiger partial charge in [0.15, 0.2) is 5.75 Å². The first-order valence-corrected chi connectivity index (χ1v) is 6.68. The minimum atomic E-state index is -0.274. The van der Waals surface area contributed by atoms with E-state index in [0.717, 1.165) is 11.4 Å². The van der Waals surface area contributed by atoms with E-state index in [1.807, 2.05) is 20.9 Å². The molecule has 0 spiro atoms. The summed E-state index contributed by atoms with van der Waals surface area (Å²) in [6.07, 6.45) is 0. The molecule has 0 amide bonds. The first-order valence-electron chi connectivity index (χ1n) is 5.56. The van der Waals surface area contributed by atoms with Crippen LogP contribution in [0, 0.1) is 19.7 Å². The van der Waals surface area contributed by atoms with Crippen molar-refractivity contribution in [2.75, 3.05) is 0 Å². The maximum absolute atomic E-state index is 13.6. The van der Waals surface area contributed by atoms with Gasteiger partial charge in [0, 0.05) is 17.9 Å². The SMILES string of the molecule is Cc1nn(C)c(C)c1Oc1cccc(F)c1CBr. The Labute approximate surface area is 114 Å². The number of nitrogens with zero attached hydrogens (tertiary/aromatic N) is 2. The summed E-state index contributed by atoms with van der Waals surface area (Å²) in [6.45, 7) is 3.79. The van der Waals surface area contributed by atoms with E-state index >= 15 is 0 Å². The predicted octanol–water partition coefficient (Wildman–Crippen LogP) is 3.86. The second-order valence-corrected chi connectivity index (χ2v) is 4.64. The molecule has 1 aromatic carbocycles. The highest BCUT2D eigenvalue weighted by Crippen LogP contribution is 2.32. The van der Waals surface area contributed by atoms with Gasteiger partial charge in [0.05, 0.1) is 5.69 Å². The number of rotatable bonds is 3. The predicted molar refractivity (Wildman–Crippen MR) is 71.8 cm³/mol. The molecule has 2 rings (SSSR count). The second kappa shape index (κ2) is 5.10. The van der Waals surface area contributed by atoms with Crippen LogP contribution in [0.4, 0.5) is 4.39 Å². The third-order valence-electron chi connectivity index (χ3n) is 2.86. The Hall–Kier alpha value is -1.36. The molecular weight excluding hydrogens is 299 g/mol. The minimum Gasteiger partial charge on any atom is -0.453 e. The molecule has 1 aromatic heterocycles. The molecule has 0 radical (unpaired) electrons. The Morgan fingerprint density at radius 3 is 2.67 bits per heavy atom. The van der Waals surface area contributed by atoms with Gasteiger partial charge in [-0.2, -0.15) is 5.10 Å². The zero-order valence-corrected chi connectivity index (χ0v) is 12.1. The van der Waals surface area contributed by atoms with Crippen LogP contribution in [0.5, 0.6) is 11.5 Å². The summed E-state index contributed by atoms with van der Waals surface area (Å²) < 4.78 is 21.2. The van der Waals surface area contributed by atoms with E-state index in [-0.39, 0.29) is 5.82 Å². The molecule has 96 valence electrons. The molecule has 0 N–H and O–H groups in total. The van der Waals surface area contributed by atoms with Crippen LogP contribution in [0.15, 0.2) is 18.2 Å². The number of aryl methyl sites for hydroxylation is 2. The summed E-state index contributed by atoms with van der Waals surface area (Å²) in [5.41, 5.74) is 2.22. The fraction of sp³-hybridized carbons (Fsp3) is 0.308. The van der Waals surface area contributed by atoms with E-state index in [2.05, 4.69) is 21.0 Å². The highest BCUT2D eigenvalue weighted by atomic mass is 79.9. The Kier molecular flexibility index (Phi) is 3.71. The van der Waals surface area contributed by atoms with Crippen LogP contribution in [0.1, 0.15) is 17.0 Å². The first kappa shape index (κ1) is 13.1. The van der Waals surface area contributed by atoms with Gasteiger partial charge in [-0.15, -0.1) is 0 Å². The van der Waals surface area contributed by atoms with Crippen LogP contribution in [-0.2, 0) is 12.4 Å². The number of ether oxygens (including phenoxy) is 1. The number of aromatic nitrogens is 2. The normalized spacial score (nSPS) is 10.7. The van der Waals surface area contributed by atoms with Crippen LogP contribution >= 0.6 is 15.9 Å². The Morgan fingerprint density at radius 1 is 1.39 bits per heavy atom. The number of hydrogen-bond acceptors (Lipinski definition) is 2. The molecule has 0 aliphatic carbocycles. The largest absolute Gasteiger partial charge is 0.453 e. The lowest BCUT2D eigenvalue weighted by atomic mass is 10.2. The summed E-state index contributed by atoms with van der Waals surface area (Å²) in [5, 5.41) is 4.68. The number of halogens is 2. The summed E-state index contributed by atoms with van der Waals surface area (Å²) in [4.78, 5) is 0. The molecule has 0 aliphatic rings. The van der Waals surface area contributed by atoms with Crippen LogP contribution in [0.3, 0.4) is 0 Å². The summed E-state index contributed by atoms with van der Waals surface area (Å²) in [5.74, 6) is 0.931. The van der Waals surface area contributed by atoms with Crippen molar-refractivity contribution in [1.29, 1.82) is 0 Å². The average molecular weight is 313 g/mol. The van der Waals surface area contributed by atoms with Crippen LogP contribution in [0.2, 0.25) is 0 Å². The third-order valence-corrected chi connectivity index (χ3v) is 3.42. The zero-order valence-electron chi connectivity index (χ0n) is 10.5. The quantitative estimate of drug-likeness (QED) is 0.805. The molecule has 0 saturated heterocycles. The summed E-state index contributed by atoms with van der Waals surface area (Å²) >= 11 is 3.27. The maximum atomic E-state index is 13.6. The fourth-order valence-corrected chi connectivity index (χ4v) is 2.32. The van der Waals surface area contributed by atoms with E-state index in [9.17, 15) is 4.39 Å². The lowest BCUT2D eigenvalue weighted by Gasteiger charge is -2.10. The van der Waals surface area contributed by atoms with Crippen molar-refractivity contribution >= 4 is 15.9 Å². The smallest absolute Gasteiger partial charge is 0.171 e. The van der Waals surface area contributed by atoms with Gasteiger partial charge >= 0.3 is 0 Å². The Balaban J connectivity index is 2.43. The number of alkyl halides is 1. The molecule has 0 atom stereocenters. The van der Waals surface area contributed by atoms with Crippen molar-refractivity contribution < 1.29 is 9.13 Å². The molecule has 0 saturated carbocycles. The topological polar surface area (TPSA) is 27.1 Å². The summed E-state index contributed by atoms with van der Waals surface area (Å²) in [7, 11) is 1.85. The zero-order chi connectivity index (χ0) is 13.3. The van der Waals surface area contributed by atoms with Gasteiger partial charge in [-0.3, -0.25) is 4.68 Å². The van der Waals surface area contributed by atoms with Gasteiger partial charge in [-0.25, -0.2) is 4.39 Å². The summed E-state index contributed by atoms with van der Waals surface area (Å²) in [6, 6.07) is 4.82. The van der Waals surface area contributed by atoms with E-state index in [1.165, 1.54) is 6.07 Å². The Bertz CT molecular complexity index is 581. The van der Waals surface area contributed by atoms with Gasteiger partial charge in [0.25, 0.3) is 0 Å². The lowest BCUT2D eigenvalue weighted by molar-refractivity contribution is 0.463.